The van der Waals surface area contributed by atoms with E-state index in [2.05, 4.69) is 29.8 Å². The number of halogens is 1. The van der Waals surface area contributed by atoms with Crippen LogP contribution in [0.3, 0.4) is 0 Å². The molecule has 21 heavy (non-hydrogen) atoms. The second kappa shape index (κ2) is 10.0. The molecule has 0 fully saturated rings. The third-order valence-electron chi connectivity index (χ3n) is 2.73. The molecule has 1 aromatic rings. The van der Waals surface area contributed by atoms with Gasteiger partial charge < -0.3 is 19.9 Å². The molecule has 0 bridgehead atoms. The number of hydrogen-bond acceptors (Lipinski definition) is 4. The van der Waals surface area contributed by atoms with Gasteiger partial charge in [0.25, 0.3) is 0 Å². The summed E-state index contributed by atoms with van der Waals surface area (Å²) in [6.07, 6.45) is 0.816. The van der Waals surface area contributed by atoms with Gasteiger partial charge in [0.15, 0.2) is 11.5 Å². The number of benzene rings is 1. The van der Waals surface area contributed by atoms with Gasteiger partial charge in [-0.05, 0) is 59.4 Å². The molecule has 0 aliphatic rings. The molecular weight excluding hydrogens is 334 g/mol. The van der Waals surface area contributed by atoms with Crippen LogP contribution in [0.25, 0.3) is 0 Å². The zero-order chi connectivity index (χ0) is 15.7. The Kier molecular flexibility index (Phi) is 8.73. The van der Waals surface area contributed by atoms with Gasteiger partial charge in [-0.25, -0.2) is 0 Å². The Morgan fingerprint density at radius 1 is 1.19 bits per heavy atom. The van der Waals surface area contributed by atoms with Crippen molar-refractivity contribution < 1.29 is 14.2 Å². The van der Waals surface area contributed by atoms with Gasteiger partial charge in [-0.15, -0.1) is 0 Å². The molecule has 0 radical (unpaired) electrons. The molecular formula is C16H26BrNO3. The van der Waals surface area contributed by atoms with Crippen LogP contribution in [0.15, 0.2) is 16.6 Å². The van der Waals surface area contributed by atoms with Crippen LogP contribution in [0.5, 0.6) is 11.5 Å². The summed E-state index contributed by atoms with van der Waals surface area (Å²) < 4.78 is 17.9. The predicted octanol–water partition coefficient (Wildman–Crippen LogP) is 3.40. The molecule has 4 nitrogen and oxygen atoms in total. The van der Waals surface area contributed by atoms with Gasteiger partial charge >= 0.3 is 0 Å². The van der Waals surface area contributed by atoms with Gasteiger partial charge in [0, 0.05) is 6.61 Å². The van der Waals surface area contributed by atoms with E-state index < -0.39 is 0 Å². The van der Waals surface area contributed by atoms with Crippen molar-refractivity contribution in [3.8, 4) is 11.5 Å². The van der Waals surface area contributed by atoms with Crippen LogP contribution in [0.1, 0.15) is 26.3 Å². The minimum atomic E-state index is 0.502. The van der Waals surface area contributed by atoms with Gasteiger partial charge in [-0.2, -0.15) is 0 Å². The van der Waals surface area contributed by atoms with E-state index in [4.69, 9.17) is 19.9 Å². The first-order valence-corrected chi connectivity index (χ1v) is 8.23. The zero-order valence-electron chi connectivity index (χ0n) is 13.2. The molecule has 1 aromatic carbocycles. The zero-order valence-corrected chi connectivity index (χ0v) is 14.7. The Hall–Kier alpha value is -0.780. The first-order chi connectivity index (χ1) is 10.1. The molecule has 0 aliphatic heterocycles. The fraction of sp³-hybridized carbons (Fsp3) is 0.625. The summed E-state index contributed by atoms with van der Waals surface area (Å²) in [5.74, 6) is 2.01. The third kappa shape index (κ3) is 6.68. The molecule has 0 atom stereocenters. The molecule has 0 unspecified atom stereocenters. The lowest BCUT2D eigenvalue weighted by atomic mass is 10.1. The monoisotopic (exact) mass is 359 g/mol. The highest BCUT2D eigenvalue weighted by Crippen LogP contribution is 2.37. The van der Waals surface area contributed by atoms with Gasteiger partial charge in [-0.3, -0.25) is 0 Å². The van der Waals surface area contributed by atoms with Crippen LogP contribution < -0.4 is 15.2 Å². The van der Waals surface area contributed by atoms with E-state index in [1.165, 1.54) is 0 Å². The summed E-state index contributed by atoms with van der Waals surface area (Å²) in [4.78, 5) is 0. The maximum Gasteiger partial charge on any atom is 0.175 e. The van der Waals surface area contributed by atoms with Crippen LogP contribution in [-0.4, -0.2) is 33.0 Å². The summed E-state index contributed by atoms with van der Waals surface area (Å²) in [5.41, 5.74) is 6.74. The number of nitrogens with two attached hydrogens (primary N) is 1. The molecule has 0 heterocycles. The molecule has 0 spiro atoms. The third-order valence-corrected chi connectivity index (χ3v) is 3.32. The molecule has 0 amide bonds. The van der Waals surface area contributed by atoms with E-state index in [-0.39, 0.29) is 0 Å². The summed E-state index contributed by atoms with van der Waals surface area (Å²) in [5, 5.41) is 0. The van der Waals surface area contributed by atoms with Gasteiger partial charge in [-0.1, -0.05) is 13.8 Å². The molecule has 0 saturated carbocycles. The molecule has 2 N–H and O–H groups in total. The fourth-order valence-corrected chi connectivity index (χ4v) is 2.46. The summed E-state index contributed by atoms with van der Waals surface area (Å²) in [6.45, 7) is 9.24. The number of rotatable bonds is 10. The standard InChI is InChI=1S/C16H26BrNO3/c1-4-20-15-10-13(5-6-18)9-14(17)16(15)21-8-7-19-11-12(2)3/h9-10,12H,4-8,11,18H2,1-3H3. The molecule has 120 valence electrons. The molecule has 0 aliphatic carbocycles. The van der Waals surface area contributed by atoms with Crippen molar-refractivity contribution in [2.24, 2.45) is 11.7 Å². The minimum absolute atomic E-state index is 0.502. The lowest BCUT2D eigenvalue weighted by Gasteiger charge is -2.15. The highest BCUT2D eigenvalue weighted by Gasteiger charge is 2.12. The van der Waals surface area contributed by atoms with E-state index in [0.717, 1.165) is 34.6 Å². The van der Waals surface area contributed by atoms with Crippen molar-refractivity contribution >= 4 is 15.9 Å². The van der Waals surface area contributed by atoms with Crippen molar-refractivity contribution in [1.82, 2.24) is 0 Å². The maximum atomic E-state index is 5.81. The molecule has 1 rings (SSSR count). The second-order valence-corrected chi connectivity index (χ2v) is 6.05. The lowest BCUT2D eigenvalue weighted by molar-refractivity contribution is 0.0806. The Morgan fingerprint density at radius 2 is 1.95 bits per heavy atom. The minimum Gasteiger partial charge on any atom is -0.490 e. The normalized spacial score (nSPS) is 11.0. The van der Waals surface area contributed by atoms with E-state index in [0.29, 0.717) is 32.3 Å². The van der Waals surface area contributed by atoms with Crippen LogP contribution in [-0.2, 0) is 11.2 Å². The van der Waals surface area contributed by atoms with Gasteiger partial charge in [0.1, 0.15) is 6.61 Å². The molecule has 0 saturated heterocycles. The van der Waals surface area contributed by atoms with Crippen molar-refractivity contribution in [2.75, 3.05) is 33.0 Å². The summed E-state index contributed by atoms with van der Waals surface area (Å²) in [6, 6.07) is 4.02. The molecule has 0 aromatic heterocycles. The van der Waals surface area contributed by atoms with Gasteiger partial charge in [0.2, 0.25) is 0 Å². The van der Waals surface area contributed by atoms with E-state index in [1.807, 2.05) is 19.1 Å². The number of ether oxygens (including phenoxy) is 3. The summed E-state index contributed by atoms with van der Waals surface area (Å²) >= 11 is 3.54. The van der Waals surface area contributed by atoms with Gasteiger partial charge in [0.05, 0.1) is 17.7 Å². The van der Waals surface area contributed by atoms with Crippen molar-refractivity contribution in [2.45, 2.75) is 27.2 Å². The first-order valence-electron chi connectivity index (χ1n) is 7.44. The fourth-order valence-electron chi connectivity index (χ4n) is 1.86. The largest absolute Gasteiger partial charge is 0.490 e. The van der Waals surface area contributed by atoms with Crippen LogP contribution in [0.2, 0.25) is 0 Å². The smallest absolute Gasteiger partial charge is 0.175 e. The average Bonchev–Trinajstić information content (AvgIpc) is 2.41. The first kappa shape index (κ1) is 18.3. The van der Waals surface area contributed by atoms with E-state index in [1.54, 1.807) is 0 Å². The van der Waals surface area contributed by atoms with Crippen LogP contribution in [0.4, 0.5) is 0 Å². The Morgan fingerprint density at radius 3 is 2.57 bits per heavy atom. The Labute approximate surface area is 136 Å². The predicted molar refractivity (Wildman–Crippen MR) is 89.2 cm³/mol. The number of hydrogen-bond donors (Lipinski definition) is 1. The van der Waals surface area contributed by atoms with Crippen LogP contribution in [0, 0.1) is 5.92 Å². The quantitative estimate of drug-likeness (QED) is 0.650. The molecule has 5 heteroatoms. The van der Waals surface area contributed by atoms with E-state index >= 15 is 0 Å². The highest BCUT2D eigenvalue weighted by molar-refractivity contribution is 9.10. The average molecular weight is 360 g/mol. The van der Waals surface area contributed by atoms with E-state index in [9.17, 15) is 0 Å². The topological polar surface area (TPSA) is 53.7 Å². The van der Waals surface area contributed by atoms with Crippen molar-refractivity contribution in [3.63, 3.8) is 0 Å². The van der Waals surface area contributed by atoms with Crippen LogP contribution >= 0.6 is 15.9 Å². The second-order valence-electron chi connectivity index (χ2n) is 5.19. The lowest BCUT2D eigenvalue weighted by Crippen LogP contribution is -2.11. The SMILES string of the molecule is CCOc1cc(CCN)cc(Br)c1OCCOCC(C)C. The summed E-state index contributed by atoms with van der Waals surface area (Å²) in [7, 11) is 0. The maximum absolute atomic E-state index is 5.81. The highest BCUT2D eigenvalue weighted by atomic mass is 79.9. The Bertz CT molecular complexity index is 424. The van der Waals surface area contributed by atoms with Crippen molar-refractivity contribution in [3.05, 3.63) is 22.2 Å². The Balaban J connectivity index is 2.66. The van der Waals surface area contributed by atoms with Crippen molar-refractivity contribution in [1.29, 1.82) is 0 Å².